The SMILES string of the molecule is CC(c1ccncc1)C(Cl)c1ccccc1I. The van der Waals surface area contributed by atoms with E-state index >= 15 is 0 Å². The van der Waals surface area contributed by atoms with Gasteiger partial charge in [0.1, 0.15) is 0 Å². The lowest BCUT2D eigenvalue weighted by Gasteiger charge is -2.19. The third-order valence-electron chi connectivity index (χ3n) is 2.87. The van der Waals surface area contributed by atoms with Gasteiger partial charge in [-0.25, -0.2) is 0 Å². The Morgan fingerprint density at radius 3 is 2.41 bits per heavy atom. The number of halogens is 2. The number of aromatic nitrogens is 1. The van der Waals surface area contributed by atoms with Crippen LogP contribution in [0.5, 0.6) is 0 Å². The van der Waals surface area contributed by atoms with Crippen LogP contribution in [-0.4, -0.2) is 4.98 Å². The van der Waals surface area contributed by atoms with Crippen LogP contribution in [0, 0.1) is 3.57 Å². The molecule has 1 nitrogen and oxygen atoms in total. The highest BCUT2D eigenvalue weighted by atomic mass is 127. The Hall–Kier alpha value is -0.610. The molecule has 0 aliphatic rings. The second-order valence-corrected chi connectivity index (χ2v) is 5.62. The highest BCUT2D eigenvalue weighted by Crippen LogP contribution is 2.37. The number of rotatable bonds is 3. The van der Waals surface area contributed by atoms with Crippen LogP contribution in [0.2, 0.25) is 0 Å². The van der Waals surface area contributed by atoms with Crippen molar-refractivity contribution in [2.24, 2.45) is 0 Å². The molecular weight excluding hydrogens is 345 g/mol. The van der Waals surface area contributed by atoms with Gasteiger partial charge in [0, 0.05) is 21.9 Å². The molecule has 17 heavy (non-hydrogen) atoms. The summed E-state index contributed by atoms with van der Waals surface area (Å²) >= 11 is 8.90. The van der Waals surface area contributed by atoms with Crippen molar-refractivity contribution < 1.29 is 0 Å². The normalized spacial score (nSPS) is 14.3. The minimum atomic E-state index is -0.00880. The van der Waals surface area contributed by atoms with Gasteiger partial charge >= 0.3 is 0 Å². The van der Waals surface area contributed by atoms with Gasteiger partial charge in [-0.05, 0) is 51.9 Å². The van der Waals surface area contributed by atoms with E-state index in [4.69, 9.17) is 11.6 Å². The van der Waals surface area contributed by atoms with E-state index in [9.17, 15) is 0 Å². The van der Waals surface area contributed by atoms with Crippen molar-refractivity contribution in [3.05, 3.63) is 63.5 Å². The average molecular weight is 358 g/mol. The summed E-state index contributed by atoms with van der Waals surface area (Å²) < 4.78 is 1.21. The number of nitrogens with zero attached hydrogens (tertiary/aromatic N) is 1. The monoisotopic (exact) mass is 357 g/mol. The van der Waals surface area contributed by atoms with Gasteiger partial charge in [-0.3, -0.25) is 4.98 Å². The zero-order valence-corrected chi connectivity index (χ0v) is 12.4. The van der Waals surface area contributed by atoms with Gasteiger partial charge in [-0.1, -0.05) is 25.1 Å². The molecule has 88 valence electrons. The third-order valence-corrected chi connectivity index (χ3v) is 4.47. The molecule has 0 N–H and O–H groups in total. The molecule has 0 bridgehead atoms. The van der Waals surface area contributed by atoms with E-state index in [1.165, 1.54) is 14.7 Å². The Morgan fingerprint density at radius 2 is 1.76 bits per heavy atom. The molecule has 0 spiro atoms. The quantitative estimate of drug-likeness (QED) is 0.569. The first-order valence-corrected chi connectivity index (χ1v) is 7.00. The van der Waals surface area contributed by atoms with E-state index in [1.807, 2.05) is 36.7 Å². The van der Waals surface area contributed by atoms with E-state index < -0.39 is 0 Å². The summed E-state index contributed by atoms with van der Waals surface area (Å²) in [4.78, 5) is 4.03. The van der Waals surface area contributed by atoms with Crippen molar-refractivity contribution in [3.8, 4) is 0 Å². The first-order valence-electron chi connectivity index (χ1n) is 5.48. The lowest BCUT2D eigenvalue weighted by molar-refractivity contribution is 0.728. The zero-order chi connectivity index (χ0) is 12.3. The Kier molecular flexibility index (Phi) is 4.40. The van der Waals surface area contributed by atoms with Crippen molar-refractivity contribution in [3.63, 3.8) is 0 Å². The van der Waals surface area contributed by atoms with Crippen molar-refractivity contribution in [1.82, 2.24) is 4.98 Å². The Labute approximate surface area is 120 Å². The Morgan fingerprint density at radius 1 is 1.12 bits per heavy atom. The molecule has 1 heterocycles. The highest BCUT2D eigenvalue weighted by molar-refractivity contribution is 14.1. The highest BCUT2D eigenvalue weighted by Gasteiger charge is 2.19. The fourth-order valence-corrected chi connectivity index (χ4v) is 3.05. The molecule has 2 unspecified atom stereocenters. The van der Waals surface area contributed by atoms with Crippen LogP contribution < -0.4 is 0 Å². The molecule has 0 fully saturated rings. The van der Waals surface area contributed by atoms with Crippen LogP contribution in [0.15, 0.2) is 48.8 Å². The van der Waals surface area contributed by atoms with Crippen LogP contribution in [-0.2, 0) is 0 Å². The summed E-state index contributed by atoms with van der Waals surface area (Å²) in [5.41, 5.74) is 2.42. The molecule has 0 aliphatic heterocycles. The summed E-state index contributed by atoms with van der Waals surface area (Å²) in [6, 6.07) is 12.3. The fourth-order valence-electron chi connectivity index (χ4n) is 1.80. The maximum absolute atomic E-state index is 6.57. The van der Waals surface area contributed by atoms with Crippen LogP contribution in [0.25, 0.3) is 0 Å². The number of hydrogen-bond acceptors (Lipinski definition) is 1. The molecular formula is C14H13ClIN. The van der Waals surface area contributed by atoms with Crippen LogP contribution in [0.3, 0.4) is 0 Å². The van der Waals surface area contributed by atoms with E-state index in [0.29, 0.717) is 0 Å². The molecule has 0 aliphatic carbocycles. The van der Waals surface area contributed by atoms with Gasteiger partial charge in [0.15, 0.2) is 0 Å². The van der Waals surface area contributed by atoms with Gasteiger partial charge in [0.25, 0.3) is 0 Å². The van der Waals surface area contributed by atoms with Crippen molar-refractivity contribution >= 4 is 34.2 Å². The van der Waals surface area contributed by atoms with Gasteiger partial charge < -0.3 is 0 Å². The lowest BCUT2D eigenvalue weighted by atomic mass is 9.94. The maximum Gasteiger partial charge on any atom is 0.0661 e. The molecule has 0 saturated heterocycles. The molecule has 1 aromatic carbocycles. The van der Waals surface area contributed by atoms with Crippen LogP contribution in [0.1, 0.15) is 29.3 Å². The Bertz CT molecular complexity index is 487. The first kappa shape index (κ1) is 12.8. The predicted octanol–water partition coefficient (Wildman–Crippen LogP) is 4.77. The van der Waals surface area contributed by atoms with Crippen LogP contribution in [0.4, 0.5) is 0 Å². The standard InChI is InChI=1S/C14H13ClIN/c1-10(11-6-8-17-9-7-11)14(15)12-4-2-3-5-13(12)16/h2-10,14H,1H3. The van der Waals surface area contributed by atoms with E-state index in [2.05, 4.69) is 46.6 Å². The topological polar surface area (TPSA) is 12.9 Å². The maximum atomic E-state index is 6.57. The van der Waals surface area contributed by atoms with Gasteiger partial charge in [-0.15, -0.1) is 11.6 Å². The molecule has 0 saturated carbocycles. The van der Waals surface area contributed by atoms with E-state index in [-0.39, 0.29) is 11.3 Å². The van der Waals surface area contributed by atoms with Crippen molar-refractivity contribution in [1.29, 1.82) is 0 Å². The second-order valence-electron chi connectivity index (χ2n) is 3.99. The molecule has 1 aromatic heterocycles. The third kappa shape index (κ3) is 2.99. The predicted molar refractivity (Wildman–Crippen MR) is 80.4 cm³/mol. The minimum absolute atomic E-state index is 0.00880. The van der Waals surface area contributed by atoms with Crippen molar-refractivity contribution in [2.75, 3.05) is 0 Å². The first-order chi connectivity index (χ1) is 8.20. The fraction of sp³-hybridized carbons (Fsp3) is 0.214. The summed E-state index contributed by atoms with van der Waals surface area (Å²) in [5, 5.41) is -0.00880. The van der Waals surface area contributed by atoms with E-state index in [0.717, 1.165) is 0 Å². The summed E-state index contributed by atoms with van der Waals surface area (Å²) in [6.07, 6.45) is 3.62. The number of alkyl halides is 1. The summed E-state index contributed by atoms with van der Waals surface area (Å²) in [6.45, 7) is 2.15. The summed E-state index contributed by atoms with van der Waals surface area (Å²) in [7, 11) is 0. The molecule has 3 heteroatoms. The minimum Gasteiger partial charge on any atom is -0.265 e. The number of benzene rings is 1. The van der Waals surface area contributed by atoms with Crippen molar-refractivity contribution in [2.45, 2.75) is 18.2 Å². The molecule has 2 aromatic rings. The zero-order valence-electron chi connectivity index (χ0n) is 9.48. The summed E-state index contributed by atoms with van der Waals surface area (Å²) in [5.74, 6) is 0.274. The number of pyridine rings is 1. The van der Waals surface area contributed by atoms with Gasteiger partial charge in [-0.2, -0.15) is 0 Å². The Balaban J connectivity index is 2.27. The molecule has 0 amide bonds. The van der Waals surface area contributed by atoms with E-state index in [1.54, 1.807) is 0 Å². The smallest absolute Gasteiger partial charge is 0.0661 e. The largest absolute Gasteiger partial charge is 0.265 e. The van der Waals surface area contributed by atoms with Gasteiger partial charge in [0.2, 0.25) is 0 Å². The average Bonchev–Trinajstić information content (AvgIpc) is 2.39. The lowest BCUT2D eigenvalue weighted by Crippen LogP contribution is -2.04. The second kappa shape index (κ2) is 5.83. The van der Waals surface area contributed by atoms with Crippen LogP contribution >= 0.6 is 34.2 Å². The number of hydrogen-bond donors (Lipinski definition) is 0. The molecule has 0 radical (unpaired) electrons. The van der Waals surface area contributed by atoms with Gasteiger partial charge in [0.05, 0.1) is 5.38 Å². The molecule has 2 rings (SSSR count). The molecule has 2 atom stereocenters.